The van der Waals surface area contributed by atoms with Crippen molar-refractivity contribution in [1.82, 2.24) is 9.78 Å². The average molecular weight is 468 g/mol. The van der Waals surface area contributed by atoms with Gasteiger partial charge < -0.3 is 10.5 Å². The van der Waals surface area contributed by atoms with Crippen molar-refractivity contribution in [3.05, 3.63) is 102 Å². The molecule has 2 N–H and O–H groups in total. The highest BCUT2D eigenvalue weighted by Gasteiger charge is 2.14. The molecule has 0 aliphatic heterocycles. The third-order valence-electron chi connectivity index (χ3n) is 5.81. The van der Waals surface area contributed by atoms with Crippen LogP contribution in [0.5, 0.6) is 0 Å². The van der Waals surface area contributed by atoms with Gasteiger partial charge in [-0.05, 0) is 58.6 Å². The van der Waals surface area contributed by atoms with Gasteiger partial charge in [0.1, 0.15) is 6.73 Å². The fourth-order valence-corrected chi connectivity index (χ4v) is 4.53. The topological polar surface area (TPSA) is 53.1 Å². The van der Waals surface area contributed by atoms with E-state index in [2.05, 4.69) is 68.7 Å². The first-order chi connectivity index (χ1) is 16.3. The summed E-state index contributed by atoms with van der Waals surface area (Å²) in [6.07, 6.45) is 4.17. The van der Waals surface area contributed by atoms with Crippen molar-refractivity contribution in [2.24, 2.45) is 0 Å². The lowest BCUT2D eigenvalue weighted by Gasteiger charge is -2.15. The summed E-state index contributed by atoms with van der Waals surface area (Å²) in [5.41, 5.74) is 12.8. The molecule has 0 aliphatic carbocycles. The lowest BCUT2D eigenvalue weighted by molar-refractivity contribution is 0.0816. The average Bonchev–Trinajstić information content (AvgIpc) is 3.17. The molecule has 0 aliphatic rings. The molecule has 4 rings (SSSR count). The van der Waals surface area contributed by atoms with Crippen LogP contribution >= 0.6 is 0 Å². The summed E-state index contributed by atoms with van der Waals surface area (Å²) >= 11 is 0. The molecule has 174 valence electrons. The van der Waals surface area contributed by atoms with Gasteiger partial charge in [-0.2, -0.15) is 5.10 Å². The molecule has 0 saturated heterocycles. The van der Waals surface area contributed by atoms with Gasteiger partial charge in [-0.1, -0.05) is 80.8 Å². The van der Waals surface area contributed by atoms with Crippen LogP contribution in [0.1, 0.15) is 22.4 Å². The lowest BCUT2D eigenvalue weighted by atomic mass is 9.98. The van der Waals surface area contributed by atoms with Crippen molar-refractivity contribution in [2.75, 3.05) is 12.3 Å². The fourth-order valence-electron chi connectivity index (χ4n) is 3.77. The van der Waals surface area contributed by atoms with Crippen molar-refractivity contribution in [1.29, 1.82) is 0 Å². The molecule has 0 amide bonds. The maximum atomic E-state index is 6.05. The number of fused-ring (bicyclic) bond motifs is 1. The number of nitrogens with zero attached hydrogens (tertiary/aromatic N) is 2. The van der Waals surface area contributed by atoms with Gasteiger partial charge in [-0.25, -0.2) is 4.68 Å². The summed E-state index contributed by atoms with van der Waals surface area (Å²) in [5, 5.41) is 5.98. The number of nitrogen functional groups attached to an aromatic ring is 1. The normalized spacial score (nSPS) is 12.0. The van der Waals surface area contributed by atoms with Crippen LogP contribution in [0, 0.1) is 0 Å². The summed E-state index contributed by atoms with van der Waals surface area (Å²) < 4.78 is 8.01. The molecule has 1 aromatic heterocycles. The largest absolute Gasteiger partial charge is 0.399 e. The van der Waals surface area contributed by atoms with Crippen LogP contribution in [0.15, 0.2) is 79.4 Å². The van der Waals surface area contributed by atoms with E-state index in [0.29, 0.717) is 6.73 Å². The second-order valence-corrected chi connectivity index (χ2v) is 15.4. The number of benzene rings is 3. The lowest BCUT2D eigenvalue weighted by Crippen LogP contribution is -2.22. The van der Waals surface area contributed by atoms with E-state index in [-0.39, 0.29) is 0 Å². The van der Waals surface area contributed by atoms with E-state index in [1.54, 1.807) is 0 Å². The number of aromatic nitrogens is 2. The van der Waals surface area contributed by atoms with Crippen molar-refractivity contribution >= 4 is 42.4 Å². The van der Waals surface area contributed by atoms with Crippen LogP contribution < -0.4 is 5.73 Å². The van der Waals surface area contributed by atoms with Crippen LogP contribution in [0.4, 0.5) is 5.69 Å². The molecule has 4 nitrogen and oxygen atoms in total. The van der Waals surface area contributed by atoms with Gasteiger partial charge in [0, 0.05) is 25.8 Å². The smallest absolute Gasteiger partial charge is 0.140 e. The Morgan fingerprint density at radius 2 is 1.74 bits per heavy atom. The Labute approximate surface area is 203 Å². The van der Waals surface area contributed by atoms with Crippen LogP contribution in [0.3, 0.4) is 0 Å². The molecule has 0 bridgehead atoms. The second kappa shape index (κ2) is 10.2. The van der Waals surface area contributed by atoms with Gasteiger partial charge in [0.15, 0.2) is 0 Å². The number of anilines is 1. The van der Waals surface area contributed by atoms with Crippen molar-refractivity contribution < 1.29 is 4.74 Å². The number of hydrogen-bond donors (Lipinski definition) is 1. The molecule has 0 radical (unpaired) electrons. The SMILES string of the molecule is C=C(c1cccc(N)c1)c1ccc2c(/C=C/c3ccccc3)nn(COCC[Si](C)(C)C)c2c1. The molecule has 34 heavy (non-hydrogen) atoms. The highest BCUT2D eigenvalue weighted by Crippen LogP contribution is 2.28. The Balaban J connectivity index is 1.67. The monoisotopic (exact) mass is 467 g/mol. The predicted molar refractivity (Wildman–Crippen MR) is 148 cm³/mol. The van der Waals surface area contributed by atoms with Crippen LogP contribution in [0.2, 0.25) is 25.7 Å². The van der Waals surface area contributed by atoms with Crippen molar-refractivity contribution in [2.45, 2.75) is 32.4 Å². The zero-order chi connectivity index (χ0) is 24.1. The molecule has 0 saturated carbocycles. The van der Waals surface area contributed by atoms with Gasteiger partial charge in [-0.15, -0.1) is 0 Å². The van der Waals surface area contributed by atoms with Gasteiger partial charge >= 0.3 is 0 Å². The summed E-state index contributed by atoms with van der Waals surface area (Å²) in [6, 6.07) is 25.6. The maximum Gasteiger partial charge on any atom is 0.140 e. The summed E-state index contributed by atoms with van der Waals surface area (Å²) in [5.74, 6) is 0. The Hall–Kier alpha value is -3.41. The van der Waals surface area contributed by atoms with E-state index < -0.39 is 8.07 Å². The minimum absolute atomic E-state index is 0.425. The first kappa shape index (κ1) is 23.7. The summed E-state index contributed by atoms with van der Waals surface area (Å²) in [4.78, 5) is 0. The Morgan fingerprint density at radius 1 is 0.971 bits per heavy atom. The van der Waals surface area contributed by atoms with Crippen LogP contribution in [-0.4, -0.2) is 24.5 Å². The number of ether oxygens (including phenoxy) is 1. The third kappa shape index (κ3) is 5.93. The highest BCUT2D eigenvalue weighted by molar-refractivity contribution is 6.76. The minimum Gasteiger partial charge on any atom is -0.399 e. The molecule has 4 aromatic rings. The molecular weight excluding hydrogens is 434 g/mol. The number of hydrogen-bond acceptors (Lipinski definition) is 3. The van der Waals surface area contributed by atoms with Crippen molar-refractivity contribution in [3.8, 4) is 0 Å². The van der Waals surface area contributed by atoms with Crippen LogP contribution in [0.25, 0.3) is 28.6 Å². The molecule has 0 unspecified atom stereocenters. The zero-order valence-electron chi connectivity index (χ0n) is 20.3. The van der Waals surface area contributed by atoms with E-state index in [1.165, 1.54) is 0 Å². The molecule has 5 heteroatoms. The van der Waals surface area contributed by atoms with E-state index in [4.69, 9.17) is 15.6 Å². The predicted octanol–water partition coefficient (Wildman–Crippen LogP) is 7.16. The van der Waals surface area contributed by atoms with E-state index in [0.717, 1.165) is 57.2 Å². The van der Waals surface area contributed by atoms with Gasteiger partial charge in [-0.3, -0.25) is 0 Å². The maximum absolute atomic E-state index is 6.05. The first-order valence-corrected chi connectivity index (χ1v) is 15.4. The Morgan fingerprint density at radius 3 is 2.47 bits per heavy atom. The van der Waals surface area contributed by atoms with E-state index in [1.807, 2.05) is 47.1 Å². The molecular formula is C29H33N3OSi. The number of nitrogens with two attached hydrogens (primary N) is 1. The first-order valence-electron chi connectivity index (χ1n) is 11.7. The second-order valence-electron chi connectivity index (χ2n) is 9.81. The minimum atomic E-state index is -1.15. The quantitative estimate of drug-likeness (QED) is 0.161. The molecule has 0 spiro atoms. The zero-order valence-corrected chi connectivity index (χ0v) is 21.3. The Kier molecular flexibility index (Phi) is 7.15. The molecule has 0 fully saturated rings. The standard InChI is InChI=1S/C29H33N3OSi/c1-22(24-11-8-12-26(30)19-24)25-14-15-27-28(16-13-23-9-6-5-7-10-23)31-32(29(27)20-25)21-33-17-18-34(2,3)4/h5-16,19-20H,1,17-18,21,30H2,2-4H3/b16-13+. The van der Waals surface area contributed by atoms with Crippen molar-refractivity contribution in [3.63, 3.8) is 0 Å². The fraction of sp³-hybridized carbons (Fsp3) is 0.207. The van der Waals surface area contributed by atoms with E-state index >= 15 is 0 Å². The summed E-state index contributed by atoms with van der Waals surface area (Å²) in [7, 11) is -1.15. The third-order valence-corrected chi connectivity index (χ3v) is 7.51. The summed E-state index contributed by atoms with van der Waals surface area (Å²) in [6.45, 7) is 12.6. The molecule has 3 aromatic carbocycles. The van der Waals surface area contributed by atoms with Gasteiger partial charge in [0.05, 0.1) is 11.2 Å². The van der Waals surface area contributed by atoms with Gasteiger partial charge in [0.25, 0.3) is 0 Å². The Bertz CT molecular complexity index is 1320. The van der Waals surface area contributed by atoms with E-state index in [9.17, 15) is 0 Å². The molecule has 0 atom stereocenters. The van der Waals surface area contributed by atoms with Gasteiger partial charge in [0.2, 0.25) is 0 Å². The molecule has 1 heterocycles. The van der Waals surface area contributed by atoms with Crippen LogP contribution in [-0.2, 0) is 11.5 Å². The highest BCUT2D eigenvalue weighted by atomic mass is 28.3. The number of rotatable bonds is 9.